The Bertz CT molecular complexity index is 9870. The normalized spacial score (nSPS) is 13.0. The zero-order chi connectivity index (χ0) is 91.3. The number of fused-ring (bicyclic) bond motifs is 32. The third-order valence-corrected chi connectivity index (χ3v) is 30.8. The molecule has 2 aromatic heterocycles. The first-order chi connectivity index (χ1) is 68.0. The number of hydrogen-bond donors (Lipinski definition) is 0. The molecule has 4 heteroatoms. The summed E-state index contributed by atoms with van der Waals surface area (Å²) in [6, 6.07) is 176. The fourth-order valence-corrected chi connectivity index (χ4v) is 24.4. The Hall–Kier alpha value is -17.4. The summed E-state index contributed by atoms with van der Waals surface area (Å²) in [5.41, 5.74) is 29.4. The Morgan fingerprint density at radius 2 is 0.493 bits per heavy atom. The number of anilines is 6. The van der Waals surface area contributed by atoms with Crippen molar-refractivity contribution in [3.63, 3.8) is 0 Å². The van der Waals surface area contributed by atoms with Crippen LogP contribution in [0.3, 0.4) is 0 Å². The maximum atomic E-state index is 2.51. The van der Waals surface area contributed by atoms with Crippen LogP contribution < -0.4 is 9.80 Å². The molecule has 0 spiro atoms. The van der Waals surface area contributed by atoms with Gasteiger partial charge in [-0.05, 0) is 274 Å². The van der Waals surface area contributed by atoms with E-state index < -0.39 is 0 Å². The fourth-order valence-electron chi connectivity index (χ4n) is 24.4. The van der Waals surface area contributed by atoms with Crippen molar-refractivity contribution in [2.45, 2.75) is 38.5 Å². The van der Waals surface area contributed by atoms with E-state index in [1.807, 2.05) is 0 Å². The Morgan fingerprint density at radius 1 is 0.174 bits per heavy atom. The highest BCUT2D eigenvalue weighted by Crippen LogP contribution is 2.57. The minimum absolute atomic E-state index is 0.112. The van der Waals surface area contributed by atoms with Gasteiger partial charge in [0.05, 0.1) is 27.8 Å². The summed E-state index contributed by atoms with van der Waals surface area (Å²) in [5.74, 6) is 0. The lowest BCUT2D eigenvalue weighted by atomic mass is 9.82. The van der Waals surface area contributed by atoms with Crippen LogP contribution in [0, 0.1) is 0 Å². The van der Waals surface area contributed by atoms with Crippen molar-refractivity contribution in [3.8, 4) is 55.9 Å². The average Bonchev–Trinajstić information content (AvgIpc) is 1.40. The molecule has 2 aliphatic carbocycles. The molecular formula is C134H90N4. The zero-order valence-electron chi connectivity index (χ0n) is 76.8. The van der Waals surface area contributed by atoms with E-state index in [0.717, 1.165) is 34.1 Å². The van der Waals surface area contributed by atoms with Gasteiger partial charge in [0, 0.05) is 99.1 Å². The second-order valence-corrected chi connectivity index (χ2v) is 38.9. The van der Waals surface area contributed by atoms with E-state index in [2.05, 4.69) is 520 Å². The molecular weight excluding hydrogens is 1670 g/mol. The van der Waals surface area contributed by atoms with Gasteiger partial charge in [0.15, 0.2) is 0 Å². The standard InChI is InChI=1S/C69H46N2.C65H44N2/c1-69(2)62-29-15-13-24-54(62)55-38-37-49(41-63(55)69)70(65-40-46-19-5-6-20-50(46)51-21-7-10-25-56(51)65)47-34-32-44(33-35-47)60-42-61-53-23-9-12-27-58(53)68-67(66(61)57-26-11-8-22-52(57)60)59-28-14-16-30-64(59)71(68)48-36-31-43-17-3-4-18-45(43)39-48;1-65(2)59-25-13-11-21-52(59)53-36-35-49(39-60(53)65)66(47-33-27-41-15-3-5-17-44(41)37-47)46-31-29-43(30-32-46)57-40-58-51-20-8-10-23-55(51)64-63(62(58)54-22-9-7-19-50(54)57)56-24-12-14-26-61(56)67(64)48-34-28-42-16-4-6-18-45(42)38-48/h3-42H,1-2H3;3-40H,1-2H3. The van der Waals surface area contributed by atoms with Gasteiger partial charge in [-0.2, -0.15) is 0 Å². The Balaban J connectivity index is 0.000000136. The predicted molar refractivity (Wildman–Crippen MR) is 589 cm³/mol. The molecule has 29 rings (SSSR count). The van der Waals surface area contributed by atoms with Crippen molar-refractivity contribution in [2.24, 2.45) is 0 Å². The van der Waals surface area contributed by atoms with Gasteiger partial charge in [0.1, 0.15) is 0 Å². The summed E-state index contributed by atoms with van der Waals surface area (Å²) in [5, 5.41) is 32.6. The molecule has 0 bridgehead atoms. The van der Waals surface area contributed by atoms with E-state index in [0.29, 0.717) is 0 Å². The maximum absolute atomic E-state index is 2.51. The highest BCUT2D eigenvalue weighted by Gasteiger charge is 2.39. The maximum Gasteiger partial charge on any atom is 0.0626 e. The number of para-hydroxylation sites is 2. The summed E-state index contributed by atoms with van der Waals surface area (Å²) in [4.78, 5) is 4.93. The van der Waals surface area contributed by atoms with Crippen molar-refractivity contribution in [1.29, 1.82) is 0 Å². The van der Waals surface area contributed by atoms with Crippen molar-refractivity contribution in [1.82, 2.24) is 9.13 Å². The molecule has 27 aromatic rings. The summed E-state index contributed by atoms with van der Waals surface area (Å²) >= 11 is 0. The highest BCUT2D eigenvalue weighted by molar-refractivity contribution is 6.40. The summed E-state index contributed by atoms with van der Waals surface area (Å²) in [6.07, 6.45) is 0. The van der Waals surface area contributed by atoms with Crippen molar-refractivity contribution < 1.29 is 0 Å². The average molecular weight is 1760 g/mol. The van der Waals surface area contributed by atoms with Crippen molar-refractivity contribution >= 4 is 196 Å². The SMILES string of the molecule is CC1(C)c2ccccc2-c2ccc(N(c3ccc(-c4cc5c6ccccc6c6c(c7ccccc7n6-c6ccc7ccccc7c6)c5c5ccccc45)cc3)c3cc4ccccc4c4ccccc34)cc21.CC1(C)c2ccccc2-c2ccc(N(c3ccc(-c4cc5c6ccccc6c6c(c7ccccc7n6-c6ccc7ccccc7c6)c5c5ccccc45)cc3)c3ccc4ccccc4c3)cc21. The smallest absolute Gasteiger partial charge is 0.0626 e. The minimum Gasteiger partial charge on any atom is -0.310 e. The first-order valence-corrected chi connectivity index (χ1v) is 48.3. The molecule has 646 valence electrons. The van der Waals surface area contributed by atoms with Crippen LogP contribution in [0.1, 0.15) is 49.9 Å². The second kappa shape index (κ2) is 30.5. The third-order valence-electron chi connectivity index (χ3n) is 30.8. The Morgan fingerprint density at radius 3 is 0.964 bits per heavy atom. The summed E-state index contributed by atoms with van der Waals surface area (Å²) in [7, 11) is 0. The Labute approximate surface area is 799 Å². The van der Waals surface area contributed by atoms with E-state index in [4.69, 9.17) is 0 Å². The molecule has 0 saturated heterocycles. The van der Waals surface area contributed by atoms with Crippen LogP contribution in [0.2, 0.25) is 0 Å². The van der Waals surface area contributed by atoms with Gasteiger partial charge in [0.2, 0.25) is 0 Å². The molecule has 0 N–H and O–H groups in total. The molecule has 0 radical (unpaired) electrons. The van der Waals surface area contributed by atoms with E-state index in [1.165, 1.54) is 240 Å². The van der Waals surface area contributed by atoms with Gasteiger partial charge in [-0.25, -0.2) is 0 Å². The van der Waals surface area contributed by atoms with Gasteiger partial charge in [-0.3, -0.25) is 0 Å². The molecule has 25 aromatic carbocycles. The topological polar surface area (TPSA) is 16.3 Å². The summed E-state index contributed by atoms with van der Waals surface area (Å²) < 4.78 is 5.01. The van der Waals surface area contributed by atoms with E-state index >= 15 is 0 Å². The molecule has 0 saturated carbocycles. The largest absolute Gasteiger partial charge is 0.310 e. The van der Waals surface area contributed by atoms with Gasteiger partial charge < -0.3 is 18.9 Å². The number of nitrogens with zero attached hydrogens (tertiary/aromatic N) is 4. The predicted octanol–water partition coefficient (Wildman–Crippen LogP) is 37.1. The molecule has 0 aliphatic heterocycles. The molecule has 0 fully saturated rings. The van der Waals surface area contributed by atoms with Crippen LogP contribution in [-0.2, 0) is 10.8 Å². The van der Waals surface area contributed by atoms with Crippen LogP contribution in [0.5, 0.6) is 0 Å². The number of benzene rings is 25. The molecule has 4 nitrogen and oxygen atoms in total. The fraction of sp³-hybridized carbons (Fsp3) is 0.0448. The Kier molecular flexibility index (Phi) is 17.5. The van der Waals surface area contributed by atoms with Gasteiger partial charge in [-0.15, -0.1) is 0 Å². The molecule has 0 unspecified atom stereocenters. The molecule has 2 heterocycles. The lowest BCUT2D eigenvalue weighted by Crippen LogP contribution is -2.16. The van der Waals surface area contributed by atoms with Crippen LogP contribution in [-0.4, -0.2) is 9.13 Å². The van der Waals surface area contributed by atoms with Crippen LogP contribution in [0.4, 0.5) is 34.1 Å². The third kappa shape index (κ3) is 11.9. The zero-order valence-corrected chi connectivity index (χ0v) is 76.8. The van der Waals surface area contributed by atoms with E-state index in [9.17, 15) is 0 Å². The number of hydrogen-bond acceptors (Lipinski definition) is 2. The van der Waals surface area contributed by atoms with Gasteiger partial charge >= 0.3 is 0 Å². The van der Waals surface area contributed by atoms with Crippen LogP contribution >= 0.6 is 0 Å². The molecule has 138 heavy (non-hydrogen) atoms. The van der Waals surface area contributed by atoms with Crippen molar-refractivity contribution in [2.75, 3.05) is 9.80 Å². The van der Waals surface area contributed by atoms with Crippen LogP contribution in [0.15, 0.2) is 473 Å². The first-order valence-electron chi connectivity index (χ1n) is 48.3. The summed E-state index contributed by atoms with van der Waals surface area (Å²) in [6.45, 7) is 9.47. The monoisotopic (exact) mass is 1750 g/mol. The van der Waals surface area contributed by atoms with Gasteiger partial charge in [0.25, 0.3) is 0 Å². The molecule has 2 aliphatic rings. The first kappa shape index (κ1) is 79.1. The quantitative estimate of drug-likeness (QED) is 0.127. The van der Waals surface area contributed by atoms with E-state index in [1.54, 1.807) is 0 Å². The number of rotatable bonds is 10. The lowest BCUT2D eigenvalue weighted by molar-refractivity contribution is 0.660. The highest BCUT2D eigenvalue weighted by atomic mass is 15.2. The molecule has 0 atom stereocenters. The molecule has 0 amide bonds. The lowest BCUT2D eigenvalue weighted by Gasteiger charge is -2.29. The minimum atomic E-state index is -0.138. The number of aromatic nitrogens is 2. The second-order valence-electron chi connectivity index (χ2n) is 38.9. The van der Waals surface area contributed by atoms with Gasteiger partial charge in [-0.1, -0.05) is 386 Å². The van der Waals surface area contributed by atoms with E-state index in [-0.39, 0.29) is 10.8 Å². The van der Waals surface area contributed by atoms with Crippen molar-refractivity contribution in [3.05, 3.63) is 495 Å². The van der Waals surface area contributed by atoms with Crippen LogP contribution in [0.25, 0.3) is 218 Å².